The van der Waals surface area contributed by atoms with E-state index >= 15 is 0 Å². The number of pyridine rings is 1. The number of carbonyl (C=O) groups excluding carboxylic acids is 1. The zero-order valence-electron chi connectivity index (χ0n) is 16.9. The highest BCUT2D eigenvalue weighted by Gasteiger charge is 2.25. The van der Waals surface area contributed by atoms with E-state index in [9.17, 15) is 9.59 Å². The summed E-state index contributed by atoms with van der Waals surface area (Å²) in [5.41, 5.74) is 1.61. The number of piperazine rings is 1. The second-order valence-corrected chi connectivity index (χ2v) is 8.34. The Morgan fingerprint density at radius 3 is 2.44 bits per heavy atom. The molecule has 9 heteroatoms. The van der Waals surface area contributed by atoms with E-state index in [0.29, 0.717) is 37.1 Å². The van der Waals surface area contributed by atoms with Gasteiger partial charge in [0.2, 0.25) is 0 Å². The molecule has 0 bridgehead atoms. The Bertz CT molecular complexity index is 1330. The first-order valence-electron chi connectivity index (χ1n) is 10.1. The van der Waals surface area contributed by atoms with E-state index < -0.39 is 5.63 Å². The largest absolute Gasteiger partial charge is 0.422 e. The van der Waals surface area contributed by atoms with Crippen molar-refractivity contribution in [1.82, 2.24) is 20.1 Å². The fourth-order valence-electron chi connectivity index (χ4n) is 3.72. The molecule has 0 aliphatic carbocycles. The molecule has 0 spiro atoms. The number of benzene rings is 1. The van der Waals surface area contributed by atoms with Crippen molar-refractivity contribution >= 4 is 38.6 Å². The zero-order chi connectivity index (χ0) is 22.1. The average molecular weight is 492 g/mol. The molecular formula is C23H18BrN5O3. The summed E-state index contributed by atoms with van der Waals surface area (Å²) in [5, 5.41) is 9.36. The van der Waals surface area contributed by atoms with Crippen LogP contribution in [0.15, 0.2) is 74.6 Å². The van der Waals surface area contributed by atoms with Gasteiger partial charge in [-0.2, -0.15) is 0 Å². The van der Waals surface area contributed by atoms with Crippen LogP contribution < -0.4 is 10.5 Å². The smallest absolute Gasteiger partial charge is 0.349 e. The molecular weight excluding hydrogens is 474 g/mol. The SMILES string of the molecule is O=C(c1cc2cc(Br)ccc2oc1=O)N1CCN(c2ccc(-c3ccncc3)nn2)CC1. The van der Waals surface area contributed by atoms with Crippen LogP contribution in [0.1, 0.15) is 10.4 Å². The van der Waals surface area contributed by atoms with Crippen molar-refractivity contribution in [2.24, 2.45) is 0 Å². The maximum atomic E-state index is 13.0. The van der Waals surface area contributed by atoms with Crippen LogP contribution in [-0.4, -0.2) is 52.2 Å². The first-order chi connectivity index (χ1) is 15.6. The van der Waals surface area contributed by atoms with Crippen LogP contribution in [0.4, 0.5) is 5.82 Å². The fraction of sp³-hybridized carbons (Fsp3) is 0.174. The third kappa shape index (κ3) is 3.99. The van der Waals surface area contributed by atoms with E-state index in [2.05, 4.69) is 36.0 Å². The van der Waals surface area contributed by atoms with Crippen LogP contribution in [-0.2, 0) is 0 Å². The average Bonchev–Trinajstić information content (AvgIpc) is 2.84. The molecule has 1 aliphatic heterocycles. The van der Waals surface area contributed by atoms with E-state index in [4.69, 9.17) is 4.42 Å². The van der Waals surface area contributed by atoms with Crippen molar-refractivity contribution in [2.75, 3.05) is 31.1 Å². The second-order valence-electron chi connectivity index (χ2n) is 7.42. The summed E-state index contributed by atoms with van der Waals surface area (Å²) >= 11 is 3.40. The van der Waals surface area contributed by atoms with E-state index in [0.717, 1.165) is 21.5 Å². The molecule has 4 aromatic rings. The normalized spacial score (nSPS) is 14.0. The maximum absolute atomic E-state index is 13.0. The summed E-state index contributed by atoms with van der Waals surface area (Å²) in [4.78, 5) is 33.1. The van der Waals surface area contributed by atoms with Crippen LogP contribution in [0.5, 0.6) is 0 Å². The Morgan fingerprint density at radius 2 is 1.72 bits per heavy atom. The minimum Gasteiger partial charge on any atom is -0.422 e. The fourth-order valence-corrected chi connectivity index (χ4v) is 4.10. The standard InChI is InChI=1S/C23H18BrN5O3/c24-17-1-3-20-16(13-17)14-18(23(31)32-20)22(30)29-11-9-28(10-12-29)21-4-2-19(26-27-21)15-5-7-25-8-6-15/h1-8,13-14H,9-12H2. The molecule has 4 heterocycles. The molecule has 0 atom stereocenters. The van der Waals surface area contributed by atoms with Crippen LogP contribution in [0.2, 0.25) is 0 Å². The van der Waals surface area contributed by atoms with Gasteiger partial charge in [0.05, 0.1) is 5.69 Å². The molecule has 32 heavy (non-hydrogen) atoms. The molecule has 5 rings (SSSR count). The number of halogens is 1. The Morgan fingerprint density at radius 1 is 0.938 bits per heavy atom. The molecule has 3 aromatic heterocycles. The van der Waals surface area contributed by atoms with Gasteiger partial charge >= 0.3 is 5.63 Å². The number of hydrogen-bond acceptors (Lipinski definition) is 7. The van der Waals surface area contributed by atoms with Crippen molar-refractivity contribution in [2.45, 2.75) is 0 Å². The number of rotatable bonds is 3. The molecule has 1 saturated heterocycles. The van der Waals surface area contributed by atoms with Gasteiger partial charge in [0, 0.05) is 54.0 Å². The second kappa shape index (κ2) is 8.51. The Hall–Kier alpha value is -3.59. The van der Waals surface area contributed by atoms with Crippen LogP contribution in [0, 0.1) is 0 Å². The lowest BCUT2D eigenvalue weighted by Crippen LogP contribution is -2.49. The van der Waals surface area contributed by atoms with Crippen LogP contribution >= 0.6 is 15.9 Å². The van der Waals surface area contributed by atoms with Crippen molar-refractivity contribution in [3.63, 3.8) is 0 Å². The van der Waals surface area contributed by atoms with Crippen molar-refractivity contribution < 1.29 is 9.21 Å². The summed E-state index contributed by atoms with van der Waals surface area (Å²) in [5.74, 6) is 0.435. The molecule has 1 aliphatic rings. The van der Waals surface area contributed by atoms with Gasteiger partial charge in [-0.05, 0) is 48.5 Å². The highest BCUT2D eigenvalue weighted by atomic mass is 79.9. The zero-order valence-corrected chi connectivity index (χ0v) is 18.5. The lowest BCUT2D eigenvalue weighted by molar-refractivity contribution is 0.0742. The maximum Gasteiger partial charge on any atom is 0.349 e. The molecule has 0 N–H and O–H groups in total. The Labute approximate surface area is 191 Å². The summed E-state index contributed by atoms with van der Waals surface area (Å²) in [6.45, 7) is 2.14. The van der Waals surface area contributed by atoms with Gasteiger partial charge in [0.25, 0.3) is 5.91 Å². The first kappa shape index (κ1) is 20.3. The molecule has 0 radical (unpaired) electrons. The quantitative estimate of drug-likeness (QED) is 0.405. The summed E-state index contributed by atoms with van der Waals surface area (Å²) < 4.78 is 6.19. The predicted octanol–water partition coefficient (Wildman–Crippen LogP) is 3.37. The number of aromatic nitrogens is 3. The van der Waals surface area contributed by atoms with Crippen LogP contribution in [0.25, 0.3) is 22.2 Å². The topological polar surface area (TPSA) is 92.4 Å². The lowest BCUT2D eigenvalue weighted by Gasteiger charge is -2.35. The molecule has 160 valence electrons. The monoisotopic (exact) mass is 491 g/mol. The van der Waals surface area contributed by atoms with Crippen LogP contribution in [0.3, 0.4) is 0 Å². The molecule has 0 saturated carbocycles. The van der Waals surface area contributed by atoms with Crippen molar-refractivity contribution in [1.29, 1.82) is 0 Å². The number of fused-ring (bicyclic) bond motifs is 1. The summed E-state index contributed by atoms with van der Waals surface area (Å²) in [6, 6.07) is 14.5. The highest BCUT2D eigenvalue weighted by Crippen LogP contribution is 2.21. The number of carbonyl (C=O) groups is 1. The predicted molar refractivity (Wildman–Crippen MR) is 124 cm³/mol. The Kier molecular flexibility index (Phi) is 5.40. The third-order valence-electron chi connectivity index (χ3n) is 5.44. The molecule has 8 nitrogen and oxygen atoms in total. The minimum atomic E-state index is -0.621. The molecule has 1 fully saturated rings. The number of nitrogens with zero attached hydrogens (tertiary/aromatic N) is 5. The summed E-state index contributed by atoms with van der Waals surface area (Å²) in [7, 11) is 0. The van der Waals surface area contributed by atoms with E-state index in [1.165, 1.54) is 0 Å². The van der Waals surface area contributed by atoms with Gasteiger partial charge in [0.15, 0.2) is 5.82 Å². The van der Waals surface area contributed by atoms with E-state index in [1.54, 1.807) is 35.5 Å². The Balaban J connectivity index is 1.28. The van der Waals surface area contributed by atoms with Gasteiger partial charge in [-0.15, -0.1) is 10.2 Å². The number of hydrogen-bond donors (Lipinski definition) is 0. The van der Waals surface area contributed by atoms with Crippen molar-refractivity contribution in [3.8, 4) is 11.3 Å². The highest BCUT2D eigenvalue weighted by molar-refractivity contribution is 9.10. The van der Waals surface area contributed by atoms with Gasteiger partial charge in [0.1, 0.15) is 11.1 Å². The van der Waals surface area contributed by atoms with Gasteiger partial charge < -0.3 is 14.2 Å². The minimum absolute atomic E-state index is 0.0468. The molecule has 0 unspecified atom stereocenters. The number of anilines is 1. The lowest BCUT2D eigenvalue weighted by atomic mass is 10.1. The van der Waals surface area contributed by atoms with E-state index in [1.807, 2.05) is 30.3 Å². The van der Waals surface area contributed by atoms with Gasteiger partial charge in [-0.3, -0.25) is 9.78 Å². The third-order valence-corrected chi connectivity index (χ3v) is 5.94. The van der Waals surface area contributed by atoms with Gasteiger partial charge in [-0.25, -0.2) is 4.79 Å². The van der Waals surface area contributed by atoms with Gasteiger partial charge in [-0.1, -0.05) is 15.9 Å². The first-order valence-corrected chi connectivity index (χ1v) is 10.9. The molecule has 1 amide bonds. The van der Waals surface area contributed by atoms with E-state index in [-0.39, 0.29) is 11.5 Å². The van der Waals surface area contributed by atoms with Crippen molar-refractivity contribution in [3.05, 3.63) is 81.4 Å². The molecule has 1 aromatic carbocycles. The number of amides is 1. The summed E-state index contributed by atoms with van der Waals surface area (Å²) in [6.07, 6.45) is 3.44.